The molecule has 0 radical (unpaired) electrons. The number of hydrogen-bond donors (Lipinski definition) is 1. The van der Waals surface area contributed by atoms with Crippen LogP contribution < -0.4 is 4.74 Å². The van der Waals surface area contributed by atoms with Crippen molar-refractivity contribution in [1.82, 2.24) is 4.90 Å². The number of nitro groups is 1. The van der Waals surface area contributed by atoms with Gasteiger partial charge in [-0.25, -0.2) is 0 Å². The number of aliphatic hydroxyl groups is 1. The standard InChI is InChI=1S/C19H16N2O6/c1-20-16(11-3-7-13(8-4-11)21(25)26)15(18(23)19(20)24)17(22)12-5-9-14(27-2)10-6-12/h3-10,16,22H,1-2H3/t16-/m1/s1. The minimum atomic E-state index is -0.840. The molecule has 1 aliphatic rings. The summed E-state index contributed by atoms with van der Waals surface area (Å²) in [7, 11) is 2.95. The molecule has 2 aromatic rings. The van der Waals surface area contributed by atoms with Gasteiger partial charge in [0.05, 0.1) is 23.6 Å². The zero-order valence-corrected chi connectivity index (χ0v) is 14.6. The van der Waals surface area contributed by atoms with Crippen LogP contribution in [0.2, 0.25) is 0 Å². The Balaban J connectivity index is 2.10. The second-order valence-corrected chi connectivity index (χ2v) is 5.99. The number of Topliss-reactive ketones (excluding diaryl/α,β-unsaturated/α-hetero) is 1. The molecule has 0 unspecified atom stereocenters. The van der Waals surface area contributed by atoms with Crippen LogP contribution in [-0.4, -0.2) is 40.8 Å². The number of ether oxygens (including phenoxy) is 1. The Kier molecular flexibility index (Phi) is 4.64. The van der Waals surface area contributed by atoms with E-state index in [2.05, 4.69) is 0 Å². The van der Waals surface area contributed by atoms with Gasteiger partial charge in [0.25, 0.3) is 17.4 Å². The number of ketones is 1. The average Bonchev–Trinajstić information content (AvgIpc) is 2.91. The van der Waals surface area contributed by atoms with E-state index in [0.29, 0.717) is 16.9 Å². The number of non-ortho nitro benzene ring substituents is 1. The first-order chi connectivity index (χ1) is 12.8. The highest BCUT2D eigenvalue weighted by Gasteiger charge is 2.44. The maximum atomic E-state index is 12.5. The van der Waals surface area contributed by atoms with Crippen LogP contribution in [0, 0.1) is 10.1 Å². The predicted octanol–water partition coefficient (Wildman–Crippen LogP) is 2.65. The zero-order valence-electron chi connectivity index (χ0n) is 14.6. The zero-order chi connectivity index (χ0) is 19.7. The van der Waals surface area contributed by atoms with E-state index in [4.69, 9.17) is 4.74 Å². The van der Waals surface area contributed by atoms with E-state index < -0.39 is 22.7 Å². The third-order valence-electron chi connectivity index (χ3n) is 4.46. The number of hydrogen-bond acceptors (Lipinski definition) is 6. The summed E-state index contributed by atoms with van der Waals surface area (Å²) in [6.45, 7) is 0. The van der Waals surface area contributed by atoms with Gasteiger partial charge in [-0.05, 0) is 42.0 Å². The molecular weight excluding hydrogens is 352 g/mol. The van der Waals surface area contributed by atoms with Crippen molar-refractivity contribution in [1.29, 1.82) is 0 Å². The van der Waals surface area contributed by atoms with E-state index in [1.165, 1.54) is 43.3 Å². The number of carbonyl (C=O) groups is 2. The van der Waals surface area contributed by atoms with Crippen molar-refractivity contribution in [2.45, 2.75) is 6.04 Å². The first-order valence-electron chi connectivity index (χ1n) is 7.98. The highest BCUT2D eigenvalue weighted by Crippen LogP contribution is 2.38. The molecule has 1 saturated heterocycles. The van der Waals surface area contributed by atoms with E-state index >= 15 is 0 Å². The van der Waals surface area contributed by atoms with Gasteiger partial charge < -0.3 is 14.7 Å². The smallest absolute Gasteiger partial charge is 0.295 e. The summed E-state index contributed by atoms with van der Waals surface area (Å²) in [6.07, 6.45) is 0. The second kappa shape index (κ2) is 6.91. The molecule has 8 nitrogen and oxygen atoms in total. The van der Waals surface area contributed by atoms with Crippen molar-refractivity contribution < 1.29 is 24.4 Å². The lowest BCUT2D eigenvalue weighted by atomic mass is 9.95. The van der Waals surface area contributed by atoms with Gasteiger partial charge in [-0.1, -0.05) is 0 Å². The van der Waals surface area contributed by atoms with Crippen LogP contribution in [0.4, 0.5) is 5.69 Å². The summed E-state index contributed by atoms with van der Waals surface area (Å²) < 4.78 is 5.07. The van der Waals surface area contributed by atoms with Crippen molar-refractivity contribution in [2.24, 2.45) is 0 Å². The van der Waals surface area contributed by atoms with E-state index in [9.17, 15) is 24.8 Å². The summed E-state index contributed by atoms with van der Waals surface area (Å²) in [5.74, 6) is -1.30. The molecule has 3 rings (SSSR count). The summed E-state index contributed by atoms with van der Waals surface area (Å²) >= 11 is 0. The molecule has 1 amide bonds. The van der Waals surface area contributed by atoms with Gasteiger partial charge in [0.15, 0.2) is 0 Å². The molecule has 0 saturated carbocycles. The van der Waals surface area contributed by atoms with Crippen LogP contribution >= 0.6 is 0 Å². The van der Waals surface area contributed by atoms with Gasteiger partial charge >= 0.3 is 0 Å². The molecule has 0 spiro atoms. The van der Waals surface area contributed by atoms with E-state index in [0.717, 1.165) is 0 Å². The van der Waals surface area contributed by atoms with Crippen molar-refractivity contribution in [3.8, 4) is 5.75 Å². The highest BCUT2D eigenvalue weighted by atomic mass is 16.6. The van der Waals surface area contributed by atoms with Gasteiger partial charge in [0.2, 0.25) is 0 Å². The number of nitrogens with zero attached hydrogens (tertiary/aromatic N) is 2. The molecular formula is C19H16N2O6. The highest BCUT2D eigenvalue weighted by molar-refractivity contribution is 6.46. The number of methoxy groups -OCH3 is 1. The molecule has 1 fully saturated rings. The van der Waals surface area contributed by atoms with Gasteiger partial charge in [-0.15, -0.1) is 0 Å². The topological polar surface area (TPSA) is 110 Å². The van der Waals surface area contributed by atoms with Crippen LogP contribution in [0.5, 0.6) is 5.75 Å². The minimum Gasteiger partial charge on any atom is -0.507 e. The summed E-state index contributed by atoms with van der Waals surface area (Å²) in [5, 5.41) is 21.5. The summed E-state index contributed by atoms with van der Waals surface area (Å²) in [5.41, 5.74) is 0.662. The average molecular weight is 368 g/mol. The number of benzene rings is 2. The molecule has 0 aliphatic carbocycles. The van der Waals surface area contributed by atoms with Crippen LogP contribution in [-0.2, 0) is 9.59 Å². The van der Waals surface area contributed by atoms with Crippen LogP contribution in [0.3, 0.4) is 0 Å². The normalized spacial score (nSPS) is 18.6. The molecule has 27 heavy (non-hydrogen) atoms. The lowest BCUT2D eigenvalue weighted by Gasteiger charge is -2.20. The van der Waals surface area contributed by atoms with Gasteiger partial charge in [-0.3, -0.25) is 19.7 Å². The third kappa shape index (κ3) is 3.12. The molecule has 1 atom stereocenters. The van der Waals surface area contributed by atoms with Crippen molar-refractivity contribution in [3.63, 3.8) is 0 Å². The Morgan fingerprint density at radius 2 is 1.70 bits per heavy atom. The fraction of sp³-hybridized carbons (Fsp3) is 0.158. The van der Waals surface area contributed by atoms with Crippen LogP contribution in [0.15, 0.2) is 54.1 Å². The number of rotatable bonds is 4. The first kappa shape index (κ1) is 18.1. The Bertz CT molecular complexity index is 947. The third-order valence-corrected chi connectivity index (χ3v) is 4.46. The Labute approximate surface area is 154 Å². The molecule has 0 aromatic heterocycles. The Hall–Kier alpha value is -3.68. The van der Waals surface area contributed by atoms with Crippen molar-refractivity contribution in [2.75, 3.05) is 14.2 Å². The van der Waals surface area contributed by atoms with E-state index in [1.807, 2.05) is 0 Å². The quantitative estimate of drug-likeness (QED) is 0.292. The van der Waals surface area contributed by atoms with Gasteiger partial charge in [0.1, 0.15) is 11.5 Å². The Morgan fingerprint density at radius 3 is 2.22 bits per heavy atom. The molecule has 0 bridgehead atoms. The summed E-state index contributed by atoms with van der Waals surface area (Å²) in [4.78, 5) is 36.2. The predicted molar refractivity (Wildman–Crippen MR) is 96.2 cm³/mol. The number of carbonyl (C=O) groups excluding carboxylic acids is 2. The number of likely N-dealkylation sites (tertiary alicyclic amines) is 1. The number of amides is 1. The second-order valence-electron chi connectivity index (χ2n) is 5.99. The number of likely N-dealkylation sites (N-methyl/N-ethyl adjacent to an activating group) is 1. The molecule has 138 valence electrons. The van der Waals surface area contributed by atoms with Crippen molar-refractivity contribution >= 4 is 23.1 Å². The van der Waals surface area contributed by atoms with E-state index in [-0.39, 0.29) is 17.0 Å². The fourth-order valence-electron chi connectivity index (χ4n) is 3.02. The molecule has 1 aliphatic heterocycles. The monoisotopic (exact) mass is 368 g/mol. The lowest BCUT2D eigenvalue weighted by Crippen LogP contribution is -2.24. The fourth-order valence-corrected chi connectivity index (χ4v) is 3.02. The maximum absolute atomic E-state index is 12.5. The van der Waals surface area contributed by atoms with E-state index in [1.54, 1.807) is 24.3 Å². The minimum absolute atomic E-state index is 0.0680. The van der Waals surface area contributed by atoms with Crippen LogP contribution in [0.1, 0.15) is 17.2 Å². The molecule has 2 aromatic carbocycles. The number of aliphatic hydroxyl groups excluding tert-OH is 1. The van der Waals surface area contributed by atoms with Gasteiger partial charge in [0, 0.05) is 24.7 Å². The Morgan fingerprint density at radius 1 is 1.11 bits per heavy atom. The number of nitro benzene ring substituents is 1. The largest absolute Gasteiger partial charge is 0.507 e. The molecule has 1 heterocycles. The van der Waals surface area contributed by atoms with Gasteiger partial charge in [-0.2, -0.15) is 0 Å². The SMILES string of the molecule is COc1ccc(C(O)=C2C(=O)C(=O)N(C)[C@@H]2c2ccc([N+](=O)[O-])cc2)cc1. The summed E-state index contributed by atoms with van der Waals surface area (Å²) in [6, 6.07) is 11.1. The lowest BCUT2D eigenvalue weighted by molar-refractivity contribution is -0.384. The molecule has 8 heteroatoms. The molecule has 1 N–H and O–H groups in total. The van der Waals surface area contributed by atoms with Crippen LogP contribution in [0.25, 0.3) is 5.76 Å². The first-order valence-corrected chi connectivity index (χ1v) is 7.98. The maximum Gasteiger partial charge on any atom is 0.295 e. The van der Waals surface area contributed by atoms with Crippen molar-refractivity contribution in [3.05, 3.63) is 75.3 Å².